The van der Waals surface area contributed by atoms with Gasteiger partial charge in [0.25, 0.3) is 0 Å². The number of benzene rings is 2. The van der Waals surface area contributed by atoms with Crippen molar-refractivity contribution in [3.05, 3.63) is 41.0 Å². The average Bonchev–Trinajstić information content (AvgIpc) is 2.35. The molecule has 7 nitrogen and oxygen atoms in total. The lowest BCUT2D eigenvalue weighted by molar-refractivity contribution is 0.0647. The molecule has 0 aliphatic heterocycles. The summed E-state index contributed by atoms with van der Waals surface area (Å²) in [4.78, 5) is 33.6. The lowest BCUT2D eigenvalue weighted by Gasteiger charge is -2.12. The minimum atomic E-state index is -1.71. The summed E-state index contributed by atoms with van der Waals surface area (Å²) in [7, 11) is 0. The summed E-state index contributed by atoms with van der Waals surface area (Å²) in [5.74, 6) is -5.89. The Balaban J connectivity index is 3.14. The number of carbonyl (C=O) groups is 3. The van der Waals surface area contributed by atoms with Crippen molar-refractivity contribution in [2.75, 3.05) is 0 Å². The van der Waals surface area contributed by atoms with Crippen LogP contribution < -0.4 is 0 Å². The van der Waals surface area contributed by atoms with Crippen molar-refractivity contribution in [3.8, 4) is 5.75 Å². The van der Waals surface area contributed by atoms with Gasteiger partial charge >= 0.3 is 17.9 Å². The predicted octanol–water partition coefficient (Wildman–Crippen LogP) is 1.64. The SMILES string of the molecule is O=C(O)c1c(O)c(C(=O)O)c2ccccc2c1C(=O)O. The normalized spacial score (nSPS) is 10.4. The molecule has 0 fully saturated rings. The Morgan fingerprint density at radius 1 is 0.700 bits per heavy atom. The largest absolute Gasteiger partial charge is 0.506 e. The molecule has 20 heavy (non-hydrogen) atoms. The van der Waals surface area contributed by atoms with Gasteiger partial charge < -0.3 is 20.4 Å². The molecule has 0 spiro atoms. The Labute approximate surface area is 111 Å². The molecule has 0 heterocycles. The Bertz CT molecular complexity index is 761. The third kappa shape index (κ3) is 1.81. The number of carboxylic acid groups (broad SMARTS) is 3. The van der Waals surface area contributed by atoms with Gasteiger partial charge in [-0.15, -0.1) is 0 Å². The molecule has 2 rings (SSSR count). The van der Waals surface area contributed by atoms with E-state index in [1.54, 1.807) is 0 Å². The van der Waals surface area contributed by atoms with Crippen LogP contribution in [0.5, 0.6) is 5.75 Å². The number of phenols is 1. The van der Waals surface area contributed by atoms with Gasteiger partial charge in [0.15, 0.2) is 0 Å². The van der Waals surface area contributed by atoms with Gasteiger partial charge in [-0.1, -0.05) is 24.3 Å². The van der Waals surface area contributed by atoms with Crippen LogP contribution in [0, 0.1) is 0 Å². The summed E-state index contributed by atoms with van der Waals surface area (Å²) in [6, 6.07) is 5.50. The Hall–Kier alpha value is -3.09. The molecule has 2 aromatic carbocycles. The van der Waals surface area contributed by atoms with Crippen LogP contribution in [0.2, 0.25) is 0 Å². The summed E-state index contributed by atoms with van der Waals surface area (Å²) in [5, 5.41) is 37.0. The van der Waals surface area contributed by atoms with Gasteiger partial charge in [-0.3, -0.25) is 0 Å². The first-order chi connectivity index (χ1) is 9.36. The van der Waals surface area contributed by atoms with E-state index >= 15 is 0 Å². The lowest BCUT2D eigenvalue weighted by atomic mass is 9.93. The fraction of sp³-hybridized carbons (Fsp3) is 0. The van der Waals surface area contributed by atoms with E-state index < -0.39 is 40.3 Å². The van der Waals surface area contributed by atoms with E-state index in [0.717, 1.165) is 0 Å². The summed E-state index contributed by atoms with van der Waals surface area (Å²) < 4.78 is 0. The zero-order valence-corrected chi connectivity index (χ0v) is 9.82. The van der Waals surface area contributed by atoms with E-state index in [9.17, 15) is 19.5 Å². The second-order valence-corrected chi connectivity index (χ2v) is 3.93. The first-order valence-corrected chi connectivity index (χ1v) is 5.33. The van der Waals surface area contributed by atoms with Gasteiger partial charge in [-0.25, -0.2) is 14.4 Å². The fourth-order valence-electron chi connectivity index (χ4n) is 2.07. The third-order valence-corrected chi connectivity index (χ3v) is 2.83. The fourth-order valence-corrected chi connectivity index (χ4v) is 2.07. The van der Waals surface area contributed by atoms with E-state index in [0.29, 0.717) is 0 Å². The van der Waals surface area contributed by atoms with Crippen LogP contribution in [-0.2, 0) is 0 Å². The van der Waals surface area contributed by atoms with Crippen LogP contribution >= 0.6 is 0 Å². The number of aromatic carboxylic acids is 3. The minimum Gasteiger partial charge on any atom is -0.506 e. The Morgan fingerprint density at radius 2 is 1.10 bits per heavy atom. The second-order valence-electron chi connectivity index (χ2n) is 3.93. The maximum atomic E-state index is 11.3. The number of hydrogen-bond acceptors (Lipinski definition) is 4. The number of rotatable bonds is 3. The number of fused-ring (bicyclic) bond motifs is 1. The van der Waals surface area contributed by atoms with Gasteiger partial charge in [0.1, 0.15) is 16.9 Å². The highest BCUT2D eigenvalue weighted by atomic mass is 16.4. The van der Waals surface area contributed by atoms with E-state index in [1.807, 2.05) is 0 Å². The van der Waals surface area contributed by atoms with E-state index in [2.05, 4.69) is 0 Å². The molecule has 0 saturated carbocycles. The molecule has 0 radical (unpaired) electrons. The van der Waals surface area contributed by atoms with E-state index in [-0.39, 0.29) is 10.8 Å². The molecule has 4 N–H and O–H groups in total. The van der Waals surface area contributed by atoms with Crippen molar-refractivity contribution in [3.63, 3.8) is 0 Å². The van der Waals surface area contributed by atoms with Crippen LogP contribution in [-0.4, -0.2) is 38.3 Å². The molecule has 102 valence electrons. The Morgan fingerprint density at radius 3 is 1.50 bits per heavy atom. The third-order valence-electron chi connectivity index (χ3n) is 2.83. The lowest BCUT2D eigenvalue weighted by Crippen LogP contribution is -2.12. The predicted molar refractivity (Wildman–Crippen MR) is 66.5 cm³/mol. The van der Waals surface area contributed by atoms with Crippen LogP contribution in [0.15, 0.2) is 24.3 Å². The topological polar surface area (TPSA) is 132 Å². The van der Waals surface area contributed by atoms with E-state index in [1.165, 1.54) is 24.3 Å². The van der Waals surface area contributed by atoms with Gasteiger partial charge in [0.05, 0.1) is 5.56 Å². The molecular weight excluding hydrogens is 268 g/mol. The number of aromatic hydroxyl groups is 1. The van der Waals surface area contributed by atoms with Crippen LogP contribution in [0.1, 0.15) is 31.1 Å². The van der Waals surface area contributed by atoms with Gasteiger partial charge in [-0.2, -0.15) is 0 Å². The minimum absolute atomic E-state index is 0.0418. The Kier molecular flexibility index (Phi) is 3.03. The summed E-state index contributed by atoms with van der Waals surface area (Å²) >= 11 is 0. The molecule has 2 aromatic rings. The molecule has 7 heteroatoms. The quantitative estimate of drug-likeness (QED) is 0.669. The number of carboxylic acids is 3. The summed E-state index contributed by atoms with van der Waals surface area (Å²) in [5.41, 5.74) is -2.22. The molecule has 0 saturated heterocycles. The van der Waals surface area contributed by atoms with Crippen LogP contribution in [0.3, 0.4) is 0 Å². The molecule has 0 atom stereocenters. The molecule has 0 bridgehead atoms. The molecule has 0 amide bonds. The van der Waals surface area contributed by atoms with Crippen LogP contribution in [0.25, 0.3) is 10.8 Å². The highest BCUT2D eigenvalue weighted by Gasteiger charge is 2.29. The van der Waals surface area contributed by atoms with Gasteiger partial charge in [0.2, 0.25) is 0 Å². The summed E-state index contributed by atoms with van der Waals surface area (Å²) in [6.45, 7) is 0. The second kappa shape index (κ2) is 4.54. The first-order valence-electron chi connectivity index (χ1n) is 5.33. The molecular formula is C13H8O7. The zero-order valence-electron chi connectivity index (χ0n) is 9.82. The van der Waals surface area contributed by atoms with Gasteiger partial charge in [0, 0.05) is 5.39 Å². The van der Waals surface area contributed by atoms with Gasteiger partial charge in [-0.05, 0) is 5.39 Å². The average molecular weight is 276 g/mol. The standard InChI is InChI=1S/C13H8O7/c14-10-8(12(17)18)6-4-2-1-3-5(6)7(11(15)16)9(10)13(19)20/h1-4,14H,(H,15,16)(H,17,18)(H,19,20). The van der Waals surface area contributed by atoms with Crippen molar-refractivity contribution in [2.24, 2.45) is 0 Å². The molecule has 0 aliphatic carbocycles. The van der Waals surface area contributed by atoms with Crippen molar-refractivity contribution >= 4 is 28.7 Å². The maximum Gasteiger partial charge on any atom is 0.340 e. The smallest absolute Gasteiger partial charge is 0.340 e. The monoisotopic (exact) mass is 276 g/mol. The van der Waals surface area contributed by atoms with E-state index in [4.69, 9.17) is 15.3 Å². The molecule has 0 aromatic heterocycles. The summed E-state index contributed by atoms with van der Waals surface area (Å²) in [6.07, 6.45) is 0. The molecule has 0 unspecified atom stereocenters. The zero-order chi connectivity index (χ0) is 15.0. The van der Waals surface area contributed by atoms with Crippen molar-refractivity contribution in [1.82, 2.24) is 0 Å². The highest BCUT2D eigenvalue weighted by molar-refractivity contribution is 6.19. The van der Waals surface area contributed by atoms with Crippen LogP contribution in [0.4, 0.5) is 0 Å². The molecule has 0 aliphatic rings. The first kappa shape index (κ1) is 13.3. The highest BCUT2D eigenvalue weighted by Crippen LogP contribution is 2.35. The van der Waals surface area contributed by atoms with Crippen molar-refractivity contribution in [2.45, 2.75) is 0 Å². The maximum absolute atomic E-state index is 11.3. The number of hydrogen-bond donors (Lipinski definition) is 4. The van der Waals surface area contributed by atoms with Crippen molar-refractivity contribution < 1.29 is 34.8 Å². The van der Waals surface area contributed by atoms with Crippen molar-refractivity contribution in [1.29, 1.82) is 0 Å².